The van der Waals surface area contributed by atoms with E-state index < -0.39 is 5.91 Å². The molecule has 0 aliphatic carbocycles. The fourth-order valence-electron chi connectivity index (χ4n) is 3.49. The van der Waals surface area contributed by atoms with Gasteiger partial charge in [0.25, 0.3) is 12.1 Å². The van der Waals surface area contributed by atoms with Crippen LogP contribution in [0.3, 0.4) is 0 Å². The average molecular weight is 515 g/mol. The molecule has 1 aromatic heterocycles. The first-order valence-electron chi connectivity index (χ1n) is 10.9. The molecule has 2 aromatic carbocycles. The molecule has 0 atom stereocenters. The lowest BCUT2D eigenvalue weighted by Crippen LogP contribution is -2.41. The normalized spacial score (nSPS) is 11.2. The molecule has 0 bridgehead atoms. The molecule has 0 aliphatic rings. The topological polar surface area (TPSA) is 82.8 Å². The van der Waals surface area contributed by atoms with Crippen LogP contribution in [0.1, 0.15) is 52.6 Å². The molecule has 0 radical (unpaired) electrons. The highest BCUT2D eigenvalue weighted by Crippen LogP contribution is 2.33. The minimum absolute atomic E-state index is 0.0425. The van der Waals surface area contributed by atoms with Gasteiger partial charge in [0.05, 0.1) is 16.3 Å². The Morgan fingerprint density at radius 3 is 2.40 bits per heavy atom. The SMILES string of the molecule is CO[n+]1cc(O)c(C)c(N(C)C(=O)c2c(NSc3ccc(C(C)(C)C)cc3)ccc(Cl)c2C=O)c1. The summed E-state index contributed by atoms with van der Waals surface area (Å²) in [5.41, 5.74) is 2.78. The molecule has 3 rings (SSSR count). The van der Waals surface area contributed by atoms with Gasteiger partial charge in [-0.1, -0.05) is 44.5 Å². The van der Waals surface area contributed by atoms with Crippen LogP contribution in [0.5, 0.6) is 5.75 Å². The Labute approximate surface area is 214 Å². The van der Waals surface area contributed by atoms with Gasteiger partial charge < -0.3 is 14.7 Å². The van der Waals surface area contributed by atoms with Crippen molar-refractivity contribution in [2.75, 3.05) is 23.8 Å². The van der Waals surface area contributed by atoms with Crippen molar-refractivity contribution in [3.63, 3.8) is 0 Å². The molecule has 1 amide bonds. The lowest BCUT2D eigenvalue weighted by molar-refractivity contribution is -0.885. The van der Waals surface area contributed by atoms with Gasteiger partial charge in [0.15, 0.2) is 12.0 Å². The molecule has 0 saturated heterocycles. The number of amides is 1. The first-order chi connectivity index (χ1) is 16.5. The Bertz CT molecular complexity index is 1260. The number of carbonyl (C=O) groups excluding carboxylic acids is 2. The summed E-state index contributed by atoms with van der Waals surface area (Å²) >= 11 is 7.60. The number of anilines is 2. The summed E-state index contributed by atoms with van der Waals surface area (Å²) in [4.78, 5) is 33.0. The van der Waals surface area contributed by atoms with Crippen LogP contribution in [-0.2, 0) is 5.41 Å². The number of aromatic hydroxyl groups is 1. The molecular formula is C26H29ClN3O4S+. The van der Waals surface area contributed by atoms with Crippen LogP contribution < -0.4 is 19.2 Å². The third-order valence-electron chi connectivity index (χ3n) is 5.67. The third kappa shape index (κ3) is 5.71. The van der Waals surface area contributed by atoms with Crippen LogP contribution >= 0.6 is 23.5 Å². The van der Waals surface area contributed by atoms with Crippen molar-refractivity contribution in [2.24, 2.45) is 0 Å². The van der Waals surface area contributed by atoms with E-state index in [1.807, 2.05) is 12.1 Å². The minimum Gasteiger partial charge on any atom is -0.502 e. The highest BCUT2D eigenvalue weighted by Gasteiger charge is 2.27. The van der Waals surface area contributed by atoms with Crippen molar-refractivity contribution in [1.29, 1.82) is 0 Å². The van der Waals surface area contributed by atoms with Crippen LogP contribution in [-0.4, -0.2) is 31.5 Å². The molecule has 0 unspecified atom stereocenters. The number of hydrogen-bond donors (Lipinski definition) is 2. The smallest absolute Gasteiger partial charge is 0.264 e. The van der Waals surface area contributed by atoms with Gasteiger partial charge in [-0.2, -0.15) is 0 Å². The Balaban J connectivity index is 1.97. The van der Waals surface area contributed by atoms with Crippen LogP contribution in [0.15, 0.2) is 53.7 Å². The zero-order valence-corrected chi connectivity index (χ0v) is 22.1. The molecule has 0 fully saturated rings. The fraction of sp³-hybridized carbons (Fsp3) is 0.269. The number of aromatic nitrogens is 1. The minimum atomic E-state index is -0.475. The Morgan fingerprint density at radius 1 is 1.17 bits per heavy atom. The van der Waals surface area contributed by atoms with Gasteiger partial charge in [0, 0.05) is 27.8 Å². The number of nitrogens with one attached hydrogen (secondary N) is 1. The molecule has 0 aliphatic heterocycles. The van der Waals surface area contributed by atoms with Gasteiger partial charge in [-0.25, -0.2) is 0 Å². The zero-order valence-electron chi connectivity index (χ0n) is 20.5. The molecule has 0 saturated carbocycles. The quantitative estimate of drug-likeness (QED) is 0.256. The highest BCUT2D eigenvalue weighted by molar-refractivity contribution is 8.00. The highest BCUT2D eigenvalue weighted by atomic mass is 35.5. The number of nitrogens with zero attached hydrogens (tertiary/aromatic N) is 2. The largest absolute Gasteiger partial charge is 0.502 e. The van der Waals surface area contributed by atoms with Crippen molar-refractivity contribution in [3.8, 4) is 5.75 Å². The van der Waals surface area contributed by atoms with Gasteiger partial charge in [0.2, 0.25) is 6.20 Å². The standard InChI is InChI=1S/C26H28ClN3O4S/c1-16-22(13-30(34-6)14-23(16)32)29(5)25(33)24-19(15-31)20(27)11-12-21(24)28-35-18-9-7-17(8-10-18)26(2,3)4/h7-15H,1-6H3,(H-,28,32,33)/p+1. The molecule has 2 N–H and O–H groups in total. The second-order valence-corrected chi connectivity index (χ2v) is 10.3. The van der Waals surface area contributed by atoms with Crippen LogP contribution in [0.25, 0.3) is 0 Å². The van der Waals surface area contributed by atoms with Crippen molar-refractivity contribution >= 4 is 47.1 Å². The van der Waals surface area contributed by atoms with Crippen LogP contribution in [0, 0.1) is 6.92 Å². The Hall–Kier alpha value is -3.23. The zero-order chi connectivity index (χ0) is 25.9. The van der Waals surface area contributed by atoms with Gasteiger partial charge in [-0.3, -0.25) is 14.4 Å². The van der Waals surface area contributed by atoms with E-state index in [1.54, 1.807) is 32.3 Å². The second-order valence-electron chi connectivity index (χ2n) is 9.04. The van der Waals surface area contributed by atoms with E-state index in [4.69, 9.17) is 16.4 Å². The number of halogens is 1. The number of carbonyl (C=O) groups is 2. The maximum absolute atomic E-state index is 13.7. The Morgan fingerprint density at radius 2 is 1.83 bits per heavy atom. The summed E-state index contributed by atoms with van der Waals surface area (Å²) in [5, 5.41) is 10.4. The van der Waals surface area contributed by atoms with Gasteiger partial charge >= 0.3 is 0 Å². The molecule has 3 aromatic rings. The predicted octanol–water partition coefficient (Wildman–Crippen LogP) is 5.21. The summed E-state index contributed by atoms with van der Waals surface area (Å²) in [6.45, 7) is 8.14. The third-order valence-corrected chi connectivity index (χ3v) is 6.83. The van der Waals surface area contributed by atoms with E-state index in [0.717, 1.165) is 4.90 Å². The first-order valence-corrected chi connectivity index (χ1v) is 12.1. The van der Waals surface area contributed by atoms with E-state index in [2.05, 4.69) is 37.6 Å². The average Bonchev–Trinajstić information content (AvgIpc) is 2.83. The summed E-state index contributed by atoms with van der Waals surface area (Å²) in [6.07, 6.45) is 3.53. The van der Waals surface area contributed by atoms with Crippen LogP contribution in [0.4, 0.5) is 11.4 Å². The van der Waals surface area contributed by atoms with E-state index in [9.17, 15) is 14.7 Å². The lowest BCUT2D eigenvalue weighted by Gasteiger charge is -2.22. The molecule has 7 nitrogen and oxygen atoms in total. The molecular weight excluding hydrogens is 486 g/mol. The van der Waals surface area contributed by atoms with Crippen LogP contribution in [0.2, 0.25) is 5.02 Å². The molecule has 184 valence electrons. The van der Waals surface area contributed by atoms with E-state index in [-0.39, 0.29) is 27.3 Å². The maximum Gasteiger partial charge on any atom is 0.264 e. The predicted molar refractivity (Wildman–Crippen MR) is 140 cm³/mol. The molecule has 9 heteroatoms. The number of pyridine rings is 1. The van der Waals surface area contributed by atoms with Gasteiger partial charge in [-0.15, -0.1) is 0 Å². The van der Waals surface area contributed by atoms with Gasteiger partial charge in [0.1, 0.15) is 12.8 Å². The summed E-state index contributed by atoms with van der Waals surface area (Å²) < 4.78 is 4.49. The second kappa shape index (κ2) is 10.6. The fourth-order valence-corrected chi connectivity index (χ4v) is 4.36. The molecule has 1 heterocycles. The monoisotopic (exact) mass is 514 g/mol. The van der Waals surface area contributed by atoms with E-state index in [0.29, 0.717) is 23.2 Å². The maximum atomic E-state index is 13.7. The summed E-state index contributed by atoms with van der Waals surface area (Å²) in [5.74, 6) is -0.518. The van der Waals surface area contributed by atoms with Crippen molar-refractivity contribution in [1.82, 2.24) is 0 Å². The van der Waals surface area contributed by atoms with Crippen molar-refractivity contribution in [2.45, 2.75) is 38.0 Å². The lowest BCUT2D eigenvalue weighted by atomic mass is 9.87. The van der Waals surface area contributed by atoms with Crippen molar-refractivity contribution < 1.29 is 24.3 Å². The Kier molecular flexibility index (Phi) is 7.97. The van der Waals surface area contributed by atoms with E-state index >= 15 is 0 Å². The summed E-state index contributed by atoms with van der Waals surface area (Å²) in [6, 6.07) is 11.4. The summed E-state index contributed by atoms with van der Waals surface area (Å²) in [7, 11) is 3.00. The van der Waals surface area contributed by atoms with E-state index in [1.165, 1.54) is 40.4 Å². The number of hydrogen-bond acceptors (Lipinski definition) is 6. The number of aldehydes is 1. The first kappa shape index (κ1) is 26.4. The number of benzene rings is 2. The molecule has 0 spiro atoms. The van der Waals surface area contributed by atoms with Crippen molar-refractivity contribution in [3.05, 3.63) is 76.1 Å². The van der Waals surface area contributed by atoms with Gasteiger partial charge in [-0.05, 0) is 54.1 Å². The number of rotatable bonds is 7. The molecule has 35 heavy (non-hydrogen) atoms.